The van der Waals surface area contributed by atoms with Gasteiger partial charge >= 0.3 is 5.97 Å². The molecule has 0 aromatic carbocycles. The number of ether oxygens (including phenoxy) is 1. The summed E-state index contributed by atoms with van der Waals surface area (Å²) >= 11 is 0. The molecule has 0 radical (unpaired) electrons. The van der Waals surface area contributed by atoms with Gasteiger partial charge in [-0.15, -0.1) is 0 Å². The van der Waals surface area contributed by atoms with Crippen LogP contribution in [-0.4, -0.2) is 18.9 Å². The van der Waals surface area contributed by atoms with Crippen LogP contribution in [0.5, 0.6) is 0 Å². The van der Waals surface area contributed by atoms with Gasteiger partial charge in [-0.2, -0.15) is 0 Å². The molecule has 1 aliphatic carbocycles. The lowest BCUT2D eigenvalue weighted by molar-refractivity contribution is -0.140. The number of hydrogen-bond acceptors (Lipinski definition) is 3. The fraction of sp³-hybridized carbons (Fsp3) is 0.765. The average Bonchev–Trinajstić information content (AvgIpc) is 2.80. The van der Waals surface area contributed by atoms with E-state index in [1.54, 1.807) is 0 Å². The average molecular weight is 280 g/mol. The number of unbranched alkanes of at least 4 members (excludes halogenated alkanes) is 4. The van der Waals surface area contributed by atoms with Crippen molar-refractivity contribution in [3.05, 3.63) is 11.6 Å². The first-order chi connectivity index (χ1) is 9.67. The van der Waals surface area contributed by atoms with Crippen molar-refractivity contribution in [1.29, 1.82) is 0 Å². The number of carbonyl (C=O) groups excluding carboxylic acids is 2. The Balaban J connectivity index is 2.22. The monoisotopic (exact) mass is 280 g/mol. The van der Waals surface area contributed by atoms with E-state index in [4.69, 9.17) is 0 Å². The van der Waals surface area contributed by atoms with Gasteiger partial charge in [-0.25, -0.2) is 0 Å². The Morgan fingerprint density at radius 1 is 1.30 bits per heavy atom. The van der Waals surface area contributed by atoms with E-state index >= 15 is 0 Å². The van der Waals surface area contributed by atoms with Crippen molar-refractivity contribution < 1.29 is 14.3 Å². The van der Waals surface area contributed by atoms with Crippen LogP contribution in [0.1, 0.15) is 71.1 Å². The molecule has 3 heteroatoms. The lowest BCUT2D eigenvalue weighted by atomic mass is 9.95. The van der Waals surface area contributed by atoms with E-state index in [0.29, 0.717) is 24.5 Å². The highest BCUT2D eigenvalue weighted by Gasteiger charge is 2.26. The molecule has 1 rings (SSSR count). The molecule has 0 N–H and O–H groups in total. The summed E-state index contributed by atoms with van der Waals surface area (Å²) in [6.07, 6.45) is 11.9. The largest absolute Gasteiger partial charge is 0.469 e. The third-order valence-electron chi connectivity index (χ3n) is 4.03. The number of ketones is 1. The van der Waals surface area contributed by atoms with Crippen molar-refractivity contribution in [2.24, 2.45) is 5.92 Å². The molecule has 1 saturated carbocycles. The number of hydrogen-bond donors (Lipinski definition) is 0. The van der Waals surface area contributed by atoms with Gasteiger partial charge in [0, 0.05) is 19.3 Å². The molecule has 1 atom stereocenters. The van der Waals surface area contributed by atoms with Gasteiger partial charge < -0.3 is 4.74 Å². The Morgan fingerprint density at radius 2 is 2.10 bits per heavy atom. The number of esters is 1. The summed E-state index contributed by atoms with van der Waals surface area (Å²) in [6.45, 7) is 2.20. The van der Waals surface area contributed by atoms with E-state index in [1.165, 1.54) is 25.5 Å². The predicted octanol–water partition coefficient (Wildman–Crippen LogP) is 4.21. The van der Waals surface area contributed by atoms with Gasteiger partial charge in [0.2, 0.25) is 0 Å². The Morgan fingerprint density at radius 3 is 2.80 bits per heavy atom. The van der Waals surface area contributed by atoms with Gasteiger partial charge in [0.15, 0.2) is 0 Å². The molecule has 1 fully saturated rings. The minimum atomic E-state index is -0.121. The van der Waals surface area contributed by atoms with Gasteiger partial charge in [0.1, 0.15) is 5.78 Å². The molecular weight excluding hydrogens is 252 g/mol. The van der Waals surface area contributed by atoms with Crippen LogP contribution >= 0.6 is 0 Å². The third-order valence-corrected chi connectivity index (χ3v) is 4.03. The zero-order chi connectivity index (χ0) is 14.8. The summed E-state index contributed by atoms with van der Waals surface area (Å²) in [4.78, 5) is 22.5. The van der Waals surface area contributed by atoms with E-state index < -0.39 is 0 Å². The number of carbonyl (C=O) groups is 2. The maximum atomic E-state index is 11.6. The normalized spacial score (nSPS) is 20.6. The second-order valence-corrected chi connectivity index (χ2v) is 5.71. The summed E-state index contributed by atoms with van der Waals surface area (Å²) < 4.78 is 4.61. The summed E-state index contributed by atoms with van der Waals surface area (Å²) in [6, 6.07) is 0. The maximum Gasteiger partial charge on any atom is 0.305 e. The highest BCUT2D eigenvalue weighted by atomic mass is 16.5. The molecule has 0 aromatic heterocycles. The molecular formula is C17H28O3. The second-order valence-electron chi connectivity index (χ2n) is 5.71. The molecule has 1 aliphatic rings. The number of Topliss-reactive ketones (excluding diaryl/α,β-unsaturated/α-hetero) is 1. The maximum absolute atomic E-state index is 11.6. The molecule has 0 saturated heterocycles. The van der Waals surface area contributed by atoms with Gasteiger partial charge in [-0.1, -0.05) is 37.8 Å². The van der Waals surface area contributed by atoms with Crippen molar-refractivity contribution >= 4 is 11.8 Å². The molecule has 0 aliphatic heterocycles. The SMILES string of the molecule is CCCCC1CC(=O)CC1=CCCCCCC(=O)OC. The van der Waals surface area contributed by atoms with Crippen LogP contribution in [0.15, 0.2) is 11.6 Å². The van der Waals surface area contributed by atoms with Crippen molar-refractivity contribution in [2.75, 3.05) is 7.11 Å². The molecule has 0 heterocycles. The second kappa shape index (κ2) is 9.73. The molecule has 0 spiro atoms. The van der Waals surface area contributed by atoms with Crippen LogP contribution in [0, 0.1) is 5.92 Å². The topological polar surface area (TPSA) is 43.4 Å². The van der Waals surface area contributed by atoms with Crippen LogP contribution in [0.2, 0.25) is 0 Å². The molecule has 20 heavy (non-hydrogen) atoms. The fourth-order valence-electron chi connectivity index (χ4n) is 2.81. The highest BCUT2D eigenvalue weighted by molar-refractivity contribution is 5.84. The van der Waals surface area contributed by atoms with Crippen molar-refractivity contribution in [3.63, 3.8) is 0 Å². The standard InChI is InChI=1S/C17H28O3/c1-3-4-9-14-12-16(18)13-15(14)10-7-5-6-8-11-17(19)20-2/h10,14H,3-9,11-13H2,1-2H3. The summed E-state index contributed by atoms with van der Waals surface area (Å²) in [5, 5.41) is 0. The first-order valence-electron chi connectivity index (χ1n) is 7.94. The lowest BCUT2D eigenvalue weighted by Gasteiger charge is -2.10. The molecule has 0 amide bonds. The quantitative estimate of drug-likeness (QED) is 0.361. The Bertz CT molecular complexity index is 344. The van der Waals surface area contributed by atoms with Crippen LogP contribution in [0.25, 0.3) is 0 Å². The molecule has 114 valence electrons. The van der Waals surface area contributed by atoms with E-state index in [2.05, 4.69) is 17.7 Å². The minimum absolute atomic E-state index is 0.121. The van der Waals surface area contributed by atoms with Crippen molar-refractivity contribution in [1.82, 2.24) is 0 Å². The molecule has 3 nitrogen and oxygen atoms in total. The van der Waals surface area contributed by atoms with E-state index in [0.717, 1.165) is 38.5 Å². The van der Waals surface area contributed by atoms with E-state index in [1.807, 2.05) is 0 Å². The van der Waals surface area contributed by atoms with Gasteiger partial charge in [-0.3, -0.25) is 9.59 Å². The Kier molecular flexibility index (Phi) is 8.24. The third kappa shape index (κ3) is 6.36. The van der Waals surface area contributed by atoms with Crippen molar-refractivity contribution in [3.8, 4) is 0 Å². The molecule has 1 unspecified atom stereocenters. The fourth-order valence-corrected chi connectivity index (χ4v) is 2.81. The first-order valence-corrected chi connectivity index (χ1v) is 7.94. The number of rotatable bonds is 9. The number of allylic oxidation sites excluding steroid dienone is 2. The minimum Gasteiger partial charge on any atom is -0.469 e. The summed E-state index contributed by atoms with van der Waals surface area (Å²) in [5.41, 5.74) is 1.37. The lowest BCUT2D eigenvalue weighted by Crippen LogP contribution is -1.99. The van der Waals surface area contributed by atoms with Gasteiger partial charge in [0.25, 0.3) is 0 Å². The molecule has 0 bridgehead atoms. The van der Waals surface area contributed by atoms with Crippen LogP contribution in [-0.2, 0) is 14.3 Å². The summed E-state index contributed by atoms with van der Waals surface area (Å²) in [7, 11) is 1.43. The predicted molar refractivity (Wildman–Crippen MR) is 80.4 cm³/mol. The smallest absolute Gasteiger partial charge is 0.305 e. The summed E-state index contributed by atoms with van der Waals surface area (Å²) in [5.74, 6) is 0.796. The zero-order valence-electron chi connectivity index (χ0n) is 13.0. The molecule has 0 aromatic rings. The zero-order valence-corrected chi connectivity index (χ0v) is 13.0. The number of methoxy groups -OCH3 is 1. The highest BCUT2D eigenvalue weighted by Crippen LogP contribution is 2.33. The van der Waals surface area contributed by atoms with Crippen LogP contribution in [0.3, 0.4) is 0 Å². The van der Waals surface area contributed by atoms with Gasteiger partial charge in [-0.05, 0) is 31.6 Å². The van der Waals surface area contributed by atoms with Crippen LogP contribution in [0.4, 0.5) is 0 Å². The van der Waals surface area contributed by atoms with Crippen LogP contribution < -0.4 is 0 Å². The van der Waals surface area contributed by atoms with Gasteiger partial charge in [0.05, 0.1) is 7.11 Å². The van der Waals surface area contributed by atoms with Crippen molar-refractivity contribution in [2.45, 2.75) is 71.1 Å². The Hall–Kier alpha value is -1.12. The van der Waals surface area contributed by atoms with E-state index in [9.17, 15) is 9.59 Å². The van der Waals surface area contributed by atoms with E-state index in [-0.39, 0.29) is 5.97 Å². The Labute approximate surface area is 122 Å². The first kappa shape index (κ1) is 16.9.